The molecule has 79 heavy (non-hydrogen) atoms. The lowest BCUT2D eigenvalue weighted by atomic mass is 10.1. The molecule has 0 N–H and O–H groups in total. The molecule has 0 amide bonds. The summed E-state index contributed by atoms with van der Waals surface area (Å²) in [7, 11) is 0. The molecule has 6 heteroatoms. The molecule has 0 spiro atoms. The largest absolute Gasteiger partial charge is 0.462 e. The summed E-state index contributed by atoms with van der Waals surface area (Å²) >= 11 is 0. The Bertz CT molecular complexity index is 1730. The van der Waals surface area contributed by atoms with Crippen molar-refractivity contribution < 1.29 is 28.6 Å². The van der Waals surface area contributed by atoms with Crippen LogP contribution in [0, 0.1) is 0 Å². The van der Waals surface area contributed by atoms with E-state index in [2.05, 4.69) is 167 Å². The highest BCUT2D eigenvalue weighted by Gasteiger charge is 2.19. The summed E-state index contributed by atoms with van der Waals surface area (Å²) in [5, 5.41) is 0. The molecular weight excluding hydrogens is 973 g/mol. The monoisotopic (exact) mass is 1090 g/mol. The van der Waals surface area contributed by atoms with Gasteiger partial charge in [0.1, 0.15) is 13.2 Å². The second-order valence-corrected chi connectivity index (χ2v) is 20.9. The Balaban J connectivity index is 4.21. The Kier molecular flexibility index (Phi) is 61.9. The number of carbonyl (C=O) groups excluding carboxylic acids is 3. The Hall–Kier alpha value is -4.71. The number of unbranched alkanes of at least 4 members (excludes halogenated alkanes) is 22. The molecule has 1 unspecified atom stereocenters. The fraction of sp³-hybridized carbons (Fsp3) is 0.630. The summed E-state index contributed by atoms with van der Waals surface area (Å²) in [4.78, 5) is 38.2. The van der Waals surface area contributed by atoms with Gasteiger partial charge >= 0.3 is 17.9 Å². The minimum absolute atomic E-state index is 0.0933. The van der Waals surface area contributed by atoms with E-state index in [1.807, 2.05) is 0 Å². The maximum Gasteiger partial charge on any atom is 0.306 e. The number of hydrogen-bond donors (Lipinski definition) is 0. The minimum atomic E-state index is -0.797. The lowest BCUT2D eigenvalue weighted by Gasteiger charge is -2.18. The van der Waals surface area contributed by atoms with E-state index in [4.69, 9.17) is 14.2 Å². The number of hydrogen-bond acceptors (Lipinski definition) is 6. The maximum atomic E-state index is 12.9. The molecule has 0 saturated heterocycles. The molecule has 0 aliphatic carbocycles. The van der Waals surface area contributed by atoms with Crippen molar-refractivity contribution in [3.05, 3.63) is 146 Å². The molecule has 6 nitrogen and oxygen atoms in total. The van der Waals surface area contributed by atoms with Crippen LogP contribution in [0.25, 0.3) is 0 Å². The van der Waals surface area contributed by atoms with E-state index in [0.717, 1.165) is 167 Å². The lowest BCUT2D eigenvalue weighted by Crippen LogP contribution is -2.30. The van der Waals surface area contributed by atoms with E-state index in [-0.39, 0.29) is 31.1 Å². The van der Waals surface area contributed by atoms with E-state index in [9.17, 15) is 14.4 Å². The van der Waals surface area contributed by atoms with Gasteiger partial charge in [0.05, 0.1) is 0 Å². The van der Waals surface area contributed by atoms with Crippen LogP contribution in [0.4, 0.5) is 0 Å². The quantitative estimate of drug-likeness (QED) is 0.0261. The summed E-state index contributed by atoms with van der Waals surface area (Å²) in [5.41, 5.74) is 0. The van der Waals surface area contributed by atoms with Crippen LogP contribution in [-0.2, 0) is 28.6 Å². The zero-order valence-corrected chi connectivity index (χ0v) is 51.1. The topological polar surface area (TPSA) is 78.9 Å². The molecule has 0 aromatic rings. The third-order valence-electron chi connectivity index (χ3n) is 13.3. The first-order valence-corrected chi connectivity index (χ1v) is 32.3. The van der Waals surface area contributed by atoms with Gasteiger partial charge in [-0.15, -0.1) is 0 Å². The first-order valence-electron chi connectivity index (χ1n) is 32.3. The van der Waals surface area contributed by atoms with Crippen molar-refractivity contribution in [3.63, 3.8) is 0 Å². The molecule has 1 atom stereocenters. The smallest absolute Gasteiger partial charge is 0.306 e. The second kappa shape index (κ2) is 65.8. The fourth-order valence-corrected chi connectivity index (χ4v) is 8.51. The van der Waals surface area contributed by atoms with Gasteiger partial charge in [-0.1, -0.05) is 269 Å². The molecule has 0 bridgehead atoms. The van der Waals surface area contributed by atoms with Crippen LogP contribution in [-0.4, -0.2) is 37.2 Å². The summed E-state index contributed by atoms with van der Waals surface area (Å²) in [6.45, 7) is 6.35. The van der Waals surface area contributed by atoms with Crippen LogP contribution in [0.5, 0.6) is 0 Å². The van der Waals surface area contributed by atoms with Crippen molar-refractivity contribution in [2.45, 2.75) is 284 Å². The molecule has 0 aliphatic heterocycles. The summed E-state index contributed by atoms with van der Waals surface area (Å²) < 4.78 is 16.9. The van der Waals surface area contributed by atoms with Gasteiger partial charge in [-0.3, -0.25) is 14.4 Å². The first-order chi connectivity index (χ1) is 39.0. The van der Waals surface area contributed by atoms with Crippen LogP contribution >= 0.6 is 0 Å². The maximum absolute atomic E-state index is 12.9. The molecule has 0 saturated carbocycles. The predicted octanol–water partition coefficient (Wildman–Crippen LogP) is 22.3. The van der Waals surface area contributed by atoms with E-state index in [1.165, 1.54) is 70.6 Å². The SMILES string of the molecule is CC/C=C\C/C=C\C/C=C\C/C=C\C/C=C\C/C=C\C/C=C\C/C=C\CCCCCCCCCCCCC(=O)OCC(COC(=O)CCCCCCC/C=C\CCCC)OC(=O)CCCCCCC/C=C\C/C=C\C/C=C\CC. The van der Waals surface area contributed by atoms with Gasteiger partial charge in [-0.2, -0.15) is 0 Å². The molecule has 0 fully saturated rings. The molecule has 0 aliphatic rings. The van der Waals surface area contributed by atoms with Crippen molar-refractivity contribution in [1.29, 1.82) is 0 Å². The third kappa shape index (κ3) is 64.0. The molecule has 0 aromatic carbocycles. The minimum Gasteiger partial charge on any atom is -0.462 e. The fourth-order valence-electron chi connectivity index (χ4n) is 8.51. The van der Waals surface area contributed by atoms with E-state index >= 15 is 0 Å². The summed E-state index contributed by atoms with van der Waals surface area (Å²) in [6, 6.07) is 0. The molecular formula is C73H118O6. The van der Waals surface area contributed by atoms with Crippen LogP contribution in [0.2, 0.25) is 0 Å². The van der Waals surface area contributed by atoms with Gasteiger partial charge in [0.15, 0.2) is 6.10 Å². The summed E-state index contributed by atoms with van der Waals surface area (Å²) in [5.74, 6) is -0.926. The highest BCUT2D eigenvalue weighted by atomic mass is 16.6. The van der Waals surface area contributed by atoms with Gasteiger partial charge in [-0.05, 0) is 135 Å². The van der Waals surface area contributed by atoms with Crippen molar-refractivity contribution in [2.24, 2.45) is 0 Å². The molecule has 0 rings (SSSR count). The third-order valence-corrected chi connectivity index (χ3v) is 13.3. The zero-order chi connectivity index (χ0) is 57.1. The van der Waals surface area contributed by atoms with Crippen molar-refractivity contribution in [2.75, 3.05) is 13.2 Å². The van der Waals surface area contributed by atoms with E-state index in [1.54, 1.807) is 0 Å². The average molecular weight is 1090 g/mol. The zero-order valence-electron chi connectivity index (χ0n) is 51.1. The van der Waals surface area contributed by atoms with Gasteiger partial charge in [0.2, 0.25) is 0 Å². The van der Waals surface area contributed by atoms with Gasteiger partial charge in [0.25, 0.3) is 0 Å². The van der Waals surface area contributed by atoms with Gasteiger partial charge in [-0.25, -0.2) is 0 Å². The number of carbonyl (C=O) groups is 3. The highest BCUT2D eigenvalue weighted by molar-refractivity contribution is 5.71. The Morgan fingerprint density at radius 3 is 0.785 bits per heavy atom. The van der Waals surface area contributed by atoms with Crippen LogP contribution < -0.4 is 0 Å². The van der Waals surface area contributed by atoms with Crippen LogP contribution in [0.3, 0.4) is 0 Å². The second-order valence-electron chi connectivity index (χ2n) is 20.9. The van der Waals surface area contributed by atoms with Crippen molar-refractivity contribution in [1.82, 2.24) is 0 Å². The molecule has 0 aromatic heterocycles. The molecule has 0 radical (unpaired) electrons. The Morgan fingerprint density at radius 1 is 0.266 bits per heavy atom. The molecule has 446 valence electrons. The lowest BCUT2D eigenvalue weighted by molar-refractivity contribution is -0.167. The number of ether oxygens (including phenoxy) is 3. The van der Waals surface area contributed by atoms with E-state index < -0.39 is 6.10 Å². The average Bonchev–Trinajstić information content (AvgIpc) is 3.45. The van der Waals surface area contributed by atoms with Crippen molar-refractivity contribution >= 4 is 17.9 Å². The van der Waals surface area contributed by atoms with Crippen molar-refractivity contribution in [3.8, 4) is 0 Å². The standard InChI is InChI=1S/C73H118O6/c1-4-7-10-13-16-19-22-24-26-27-28-29-30-31-32-33-34-35-36-37-38-39-40-41-42-43-44-45-47-48-51-54-57-60-63-66-72(75)78-69-70(68-77-71(74)65-62-59-56-53-50-21-18-15-12-9-6-3)79-73(76)67-64-61-58-55-52-49-46-25-23-20-17-14-11-8-5-2/h7-8,10-11,15-20,24-26,28-29,31-32,34-35,37-38,40-41,46,70H,4-6,9,12-14,21-23,27,30,33,36,39,42-45,47-69H2,1-3H3/b10-7-,11-8-,18-15-,19-16-,20-17-,26-24-,29-28-,32-31-,35-34-,38-37-,41-40-,46-25-. The first kappa shape index (κ1) is 74.3. The number of allylic oxidation sites excluding steroid dienone is 24. The predicted molar refractivity (Wildman–Crippen MR) is 343 cm³/mol. The normalized spacial score (nSPS) is 13.1. The van der Waals surface area contributed by atoms with E-state index in [0.29, 0.717) is 19.3 Å². The Morgan fingerprint density at radius 2 is 0.494 bits per heavy atom. The molecule has 0 heterocycles. The van der Waals surface area contributed by atoms with Gasteiger partial charge < -0.3 is 14.2 Å². The number of rotatable bonds is 57. The van der Waals surface area contributed by atoms with Gasteiger partial charge in [0, 0.05) is 19.3 Å². The summed E-state index contributed by atoms with van der Waals surface area (Å²) in [6.07, 6.45) is 94.4. The Labute approximate surface area is 487 Å². The highest BCUT2D eigenvalue weighted by Crippen LogP contribution is 2.15. The number of esters is 3. The van der Waals surface area contributed by atoms with Crippen LogP contribution in [0.15, 0.2) is 146 Å². The van der Waals surface area contributed by atoms with Crippen LogP contribution in [0.1, 0.15) is 278 Å².